The first-order valence-electron chi connectivity index (χ1n) is 5.33. The zero-order valence-corrected chi connectivity index (χ0v) is 9.24. The highest BCUT2D eigenvalue weighted by Crippen LogP contribution is 2.23. The largest absolute Gasteiger partial charge is 0.367 e. The molecule has 0 unspecified atom stereocenters. The summed E-state index contributed by atoms with van der Waals surface area (Å²) in [7, 11) is 0. The van der Waals surface area contributed by atoms with Crippen LogP contribution in [0.2, 0.25) is 0 Å². The second-order valence-corrected chi connectivity index (χ2v) is 3.73. The molecule has 0 saturated heterocycles. The minimum Gasteiger partial charge on any atom is -0.367 e. The summed E-state index contributed by atoms with van der Waals surface area (Å²) >= 11 is 0. The molecule has 5 nitrogen and oxygen atoms in total. The van der Waals surface area contributed by atoms with Gasteiger partial charge in [-0.1, -0.05) is 17.2 Å². The van der Waals surface area contributed by atoms with Crippen molar-refractivity contribution in [3.63, 3.8) is 0 Å². The van der Waals surface area contributed by atoms with Crippen molar-refractivity contribution in [2.75, 3.05) is 0 Å². The summed E-state index contributed by atoms with van der Waals surface area (Å²) in [5, 5.41) is 0.752. The van der Waals surface area contributed by atoms with Gasteiger partial charge in [0.15, 0.2) is 5.75 Å². The molecule has 1 aliphatic rings. The number of fused-ring (bicyclic) bond motifs is 1. The molecule has 0 fully saturated rings. The molecule has 0 bridgehead atoms. The Morgan fingerprint density at radius 1 is 0.944 bits per heavy atom. The number of nitrogens with zero attached hydrogens (tertiary/aromatic N) is 2. The van der Waals surface area contributed by atoms with Crippen molar-refractivity contribution in [3.8, 4) is 5.75 Å². The minimum absolute atomic E-state index is 0.340. The van der Waals surface area contributed by atoms with Gasteiger partial charge in [0.1, 0.15) is 0 Å². The molecule has 0 saturated carbocycles. The molecule has 3 rings (SSSR count). The average Bonchev–Trinajstić information content (AvgIpc) is 2.66. The van der Waals surface area contributed by atoms with E-state index in [9.17, 15) is 9.59 Å². The molecule has 0 radical (unpaired) electrons. The van der Waals surface area contributed by atoms with E-state index in [1.807, 2.05) is 0 Å². The lowest BCUT2D eigenvalue weighted by Gasteiger charge is -2.13. The summed E-state index contributed by atoms with van der Waals surface area (Å²) in [6, 6.07) is 9.89. The van der Waals surface area contributed by atoms with Crippen LogP contribution in [0, 0.1) is 0 Å². The molecule has 18 heavy (non-hydrogen) atoms. The molecule has 0 spiro atoms. The molecular weight excluding hydrogens is 232 g/mol. The van der Waals surface area contributed by atoms with Gasteiger partial charge >= 0.3 is 0 Å². The third kappa shape index (κ3) is 1.53. The number of rotatable bonds is 2. The highest BCUT2D eigenvalue weighted by Gasteiger charge is 2.37. The van der Waals surface area contributed by atoms with E-state index in [0.29, 0.717) is 16.9 Å². The van der Waals surface area contributed by atoms with Crippen molar-refractivity contribution in [1.82, 2.24) is 10.0 Å². The highest BCUT2D eigenvalue weighted by atomic mass is 16.7. The number of benzene rings is 1. The Balaban J connectivity index is 1.93. The van der Waals surface area contributed by atoms with Crippen molar-refractivity contribution < 1.29 is 14.4 Å². The summed E-state index contributed by atoms with van der Waals surface area (Å²) in [6.07, 6.45) is 3.01. The van der Waals surface area contributed by atoms with Crippen molar-refractivity contribution in [1.29, 1.82) is 0 Å². The fourth-order valence-corrected chi connectivity index (χ4v) is 1.76. The van der Waals surface area contributed by atoms with E-state index in [0.717, 1.165) is 5.06 Å². The van der Waals surface area contributed by atoms with Gasteiger partial charge in [-0.2, -0.15) is 0 Å². The predicted octanol–water partition coefficient (Wildman–Crippen LogP) is 1.67. The summed E-state index contributed by atoms with van der Waals surface area (Å²) in [6.45, 7) is 0. The topological polar surface area (TPSA) is 59.5 Å². The fraction of sp³-hybridized carbons (Fsp3) is 0. The number of hydrogen-bond donors (Lipinski definition) is 0. The molecule has 2 heterocycles. The Morgan fingerprint density at radius 2 is 1.61 bits per heavy atom. The summed E-state index contributed by atoms with van der Waals surface area (Å²) in [5.74, 6) is -0.578. The van der Waals surface area contributed by atoms with Gasteiger partial charge in [-0.3, -0.25) is 14.6 Å². The lowest BCUT2D eigenvalue weighted by molar-refractivity contribution is -0.0142. The highest BCUT2D eigenvalue weighted by molar-refractivity contribution is 6.20. The molecule has 88 valence electrons. The van der Waals surface area contributed by atoms with Crippen LogP contribution in [0.15, 0.2) is 48.8 Å². The Kier molecular flexibility index (Phi) is 2.30. The van der Waals surface area contributed by atoms with Crippen LogP contribution in [0.5, 0.6) is 5.75 Å². The van der Waals surface area contributed by atoms with Crippen LogP contribution in [0.1, 0.15) is 20.7 Å². The number of carbonyl (C=O) groups is 2. The maximum Gasteiger partial charge on any atom is 0.295 e. The fourth-order valence-electron chi connectivity index (χ4n) is 1.76. The number of aromatic nitrogens is 1. The van der Waals surface area contributed by atoms with E-state index in [1.165, 1.54) is 6.20 Å². The Bertz CT molecular complexity index is 590. The Labute approximate surface area is 103 Å². The second kappa shape index (κ2) is 3.96. The maximum absolute atomic E-state index is 12.0. The third-order valence-corrected chi connectivity index (χ3v) is 2.59. The van der Waals surface area contributed by atoms with Gasteiger partial charge in [0, 0.05) is 6.20 Å². The van der Waals surface area contributed by atoms with Crippen LogP contribution < -0.4 is 4.84 Å². The van der Waals surface area contributed by atoms with Gasteiger partial charge in [0.25, 0.3) is 11.8 Å². The second-order valence-electron chi connectivity index (χ2n) is 3.73. The Morgan fingerprint density at radius 3 is 2.17 bits per heavy atom. The zero-order chi connectivity index (χ0) is 12.5. The average molecular weight is 240 g/mol. The van der Waals surface area contributed by atoms with Crippen LogP contribution in [-0.2, 0) is 0 Å². The molecule has 0 atom stereocenters. The SMILES string of the molecule is O=C1c2ccccc2C(=O)N1Oc1cccnc1. The van der Waals surface area contributed by atoms with Crippen LogP contribution in [0.3, 0.4) is 0 Å². The molecule has 0 N–H and O–H groups in total. The van der Waals surface area contributed by atoms with E-state index in [-0.39, 0.29) is 0 Å². The number of imide groups is 1. The van der Waals surface area contributed by atoms with Crippen molar-refractivity contribution in [2.45, 2.75) is 0 Å². The summed E-state index contributed by atoms with van der Waals surface area (Å²) in [5.41, 5.74) is 0.706. The van der Waals surface area contributed by atoms with Gasteiger partial charge in [0.05, 0.1) is 17.3 Å². The third-order valence-electron chi connectivity index (χ3n) is 2.59. The summed E-state index contributed by atoms with van der Waals surface area (Å²) in [4.78, 5) is 33.0. The van der Waals surface area contributed by atoms with Crippen molar-refractivity contribution in [3.05, 3.63) is 59.9 Å². The first-order chi connectivity index (χ1) is 8.77. The smallest absolute Gasteiger partial charge is 0.295 e. The van der Waals surface area contributed by atoms with E-state index in [2.05, 4.69) is 4.98 Å². The lowest BCUT2D eigenvalue weighted by atomic mass is 10.1. The number of pyridine rings is 1. The van der Waals surface area contributed by atoms with Crippen LogP contribution >= 0.6 is 0 Å². The van der Waals surface area contributed by atoms with Crippen molar-refractivity contribution >= 4 is 11.8 Å². The minimum atomic E-state index is -0.459. The van der Waals surface area contributed by atoms with Gasteiger partial charge in [-0.25, -0.2) is 0 Å². The van der Waals surface area contributed by atoms with Gasteiger partial charge in [0.2, 0.25) is 0 Å². The van der Waals surface area contributed by atoms with Crippen LogP contribution in [0.4, 0.5) is 0 Å². The lowest BCUT2D eigenvalue weighted by Crippen LogP contribution is -2.33. The monoisotopic (exact) mass is 240 g/mol. The van der Waals surface area contributed by atoms with Crippen LogP contribution in [-0.4, -0.2) is 21.9 Å². The number of carbonyl (C=O) groups excluding carboxylic acids is 2. The van der Waals surface area contributed by atoms with E-state index < -0.39 is 11.8 Å². The van der Waals surface area contributed by atoms with Gasteiger partial charge in [-0.05, 0) is 24.3 Å². The molecule has 1 aromatic heterocycles. The molecule has 2 aromatic rings. The van der Waals surface area contributed by atoms with Gasteiger partial charge < -0.3 is 4.84 Å². The van der Waals surface area contributed by atoms with E-state index >= 15 is 0 Å². The van der Waals surface area contributed by atoms with E-state index in [1.54, 1.807) is 42.6 Å². The number of hydrogen-bond acceptors (Lipinski definition) is 4. The number of amides is 2. The van der Waals surface area contributed by atoms with E-state index in [4.69, 9.17) is 4.84 Å². The molecule has 0 aliphatic carbocycles. The standard InChI is InChI=1S/C13H8N2O3/c16-12-10-5-1-2-6-11(10)13(17)15(12)18-9-4-3-7-14-8-9/h1-8H. The molecule has 2 amide bonds. The van der Waals surface area contributed by atoms with Crippen molar-refractivity contribution in [2.24, 2.45) is 0 Å². The molecular formula is C13H8N2O3. The zero-order valence-electron chi connectivity index (χ0n) is 9.24. The first-order valence-corrected chi connectivity index (χ1v) is 5.33. The van der Waals surface area contributed by atoms with Crippen LogP contribution in [0.25, 0.3) is 0 Å². The Hall–Kier alpha value is -2.69. The quantitative estimate of drug-likeness (QED) is 0.749. The van der Waals surface area contributed by atoms with Gasteiger partial charge in [-0.15, -0.1) is 0 Å². The first kappa shape index (κ1) is 10.5. The maximum atomic E-state index is 12.0. The molecule has 1 aliphatic heterocycles. The molecule has 1 aromatic carbocycles. The normalized spacial score (nSPS) is 13.7. The number of hydroxylamine groups is 2. The summed E-state index contributed by atoms with van der Waals surface area (Å²) < 4.78 is 0. The molecule has 5 heteroatoms. The predicted molar refractivity (Wildman–Crippen MR) is 61.8 cm³/mol.